The third kappa shape index (κ3) is 2.45. The minimum Gasteiger partial charge on any atom is -0.325 e. The second-order valence-electron chi connectivity index (χ2n) is 4.65. The van der Waals surface area contributed by atoms with E-state index in [1.54, 1.807) is 4.68 Å². The molecule has 21 heavy (non-hydrogen) atoms. The lowest BCUT2D eigenvalue weighted by Crippen LogP contribution is -2.08. The SMILES string of the molecule is NCc1nn(Cc2c(F)ccc(Br)c2F)c2ccccc12. The molecule has 0 atom stereocenters. The summed E-state index contributed by atoms with van der Waals surface area (Å²) in [6, 6.07) is 10.1. The van der Waals surface area contributed by atoms with Crippen LogP contribution in [0, 0.1) is 11.6 Å². The minimum atomic E-state index is -0.608. The lowest BCUT2D eigenvalue weighted by atomic mass is 10.2. The fraction of sp³-hybridized carbons (Fsp3) is 0.133. The van der Waals surface area contributed by atoms with Crippen LogP contribution in [0.25, 0.3) is 10.9 Å². The highest BCUT2D eigenvalue weighted by Crippen LogP contribution is 2.24. The molecule has 1 aromatic heterocycles. The van der Waals surface area contributed by atoms with Crippen LogP contribution in [-0.4, -0.2) is 9.78 Å². The van der Waals surface area contributed by atoms with Gasteiger partial charge in [0.25, 0.3) is 0 Å². The Kier molecular flexibility index (Phi) is 3.73. The highest BCUT2D eigenvalue weighted by Gasteiger charge is 2.16. The third-order valence-electron chi connectivity index (χ3n) is 3.37. The van der Waals surface area contributed by atoms with Crippen molar-refractivity contribution in [3.8, 4) is 0 Å². The zero-order valence-corrected chi connectivity index (χ0v) is 12.6. The minimum absolute atomic E-state index is 0.0115. The number of hydrogen-bond donors (Lipinski definition) is 1. The first-order valence-electron chi connectivity index (χ1n) is 6.38. The number of nitrogens with two attached hydrogens (primary N) is 1. The number of benzene rings is 2. The Morgan fingerprint density at radius 1 is 1.14 bits per heavy atom. The van der Waals surface area contributed by atoms with Crippen molar-refractivity contribution in [3.05, 3.63) is 63.8 Å². The van der Waals surface area contributed by atoms with E-state index in [1.807, 2.05) is 24.3 Å². The largest absolute Gasteiger partial charge is 0.325 e. The molecule has 3 aromatic rings. The number of rotatable bonds is 3. The zero-order valence-electron chi connectivity index (χ0n) is 11.0. The van der Waals surface area contributed by atoms with Gasteiger partial charge >= 0.3 is 0 Å². The van der Waals surface area contributed by atoms with Gasteiger partial charge in [-0.05, 0) is 34.1 Å². The standard InChI is InChI=1S/C15H12BrF2N3/c16-11-5-6-12(17)10(15(11)18)8-21-14-4-2-1-3-9(14)13(7-19)20-21/h1-6H,7-8,19H2. The van der Waals surface area contributed by atoms with E-state index in [9.17, 15) is 8.78 Å². The number of hydrogen-bond acceptors (Lipinski definition) is 2. The molecule has 1 heterocycles. The normalized spacial score (nSPS) is 11.2. The van der Waals surface area contributed by atoms with Crippen molar-refractivity contribution in [2.45, 2.75) is 13.1 Å². The van der Waals surface area contributed by atoms with Crippen LogP contribution >= 0.6 is 15.9 Å². The van der Waals surface area contributed by atoms with Gasteiger partial charge in [-0.2, -0.15) is 5.10 Å². The predicted molar refractivity (Wildman–Crippen MR) is 80.8 cm³/mol. The number of fused-ring (bicyclic) bond motifs is 1. The van der Waals surface area contributed by atoms with E-state index in [0.717, 1.165) is 10.9 Å². The highest BCUT2D eigenvalue weighted by molar-refractivity contribution is 9.10. The van der Waals surface area contributed by atoms with Gasteiger partial charge in [-0.15, -0.1) is 0 Å². The molecule has 0 saturated carbocycles. The monoisotopic (exact) mass is 351 g/mol. The summed E-state index contributed by atoms with van der Waals surface area (Å²) in [6.07, 6.45) is 0. The Morgan fingerprint density at radius 2 is 1.90 bits per heavy atom. The molecule has 0 bridgehead atoms. The van der Waals surface area contributed by atoms with Gasteiger partial charge in [-0.25, -0.2) is 8.78 Å². The van der Waals surface area contributed by atoms with Crippen LogP contribution in [0.2, 0.25) is 0 Å². The maximum absolute atomic E-state index is 14.1. The average Bonchev–Trinajstić information content (AvgIpc) is 2.86. The smallest absolute Gasteiger partial charge is 0.145 e. The molecular weight excluding hydrogens is 340 g/mol. The lowest BCUT2D eigenvalue weighted by molar-refractivity contribution is 0.532. The maximum atomic E-state index is 14.1. The fourth-order valence-corrected chi connectivity index (χ4v) is 2.70. The molecule has 0 aliphatic carbocycles. The molecule has 0 aliphatic rings. The number of halogens is 3. The third-order valence-corrected chi connectivity index (χ3v) is 3.99. The van der Waals surface area contributed by atoms with Gasteiger partial charge in [0.05, 0.1) is 22.2 Å². The lowest BCUT2D eigenvalue weighted by Gasteiger charge is -2.08. The van der Waals surface area contributed by atoms with E-state index < -0.39 is 11.6 Å². The van der Waals surface area contributed by atoms with Crippen LogP contribution in [-0.2, 0) is 13.1 Å². The Bertz CT molecular complexity index is 814. The van der Waals surface area contributed by atoms with Gasteiger partial charge in [0, 0.05) is 17.5 Å². The van der Waals surface area contributed by atoms with Crippen molar-refractivity contribution in [1.82, 2.24) is 9.78 Å². The van der Waals surface area contributed by atoms with Crippen molar-refractivity contribution in [2.24, 2.45) is 5.73 Å². The quantitative estimate of drug-likeness (QED) is 0.733. The van der Waals surface area contributed by atoms with Crippen molar-refractivity contribution in [1.29, 1.82) is 0 Å². The summed E-state index contributed by atoms with van der Waals surface area (Å²) in [7, 11) is 0. The zero-order chi connectivity index (χ0) is 15.0. The van der Waals surface area contributed by atoms with E-state index >= 15 is 0 Å². The molecule has 3 rings (SSSR count). The fourth-order valence-electron chi connectivity index (χ4n) is 2.33. The Balaban J connectivity index is 2.13. The molecule has 0 radical (unpaired) electrons. The number of aromatic nitrogens is 2. The summed E-state index contributed by atoms with van der Waals surface area (Å²) in [5.74, 6) is -1.20. The predicted octanol–water partition coefficient (Wildman–Crippen LogP) is 3.58. The van der Waals surface area contributed by atoms with Crippen molar-refractivity contribution < 1.29 is 8.78 Å². The summed E-state index contributed by atoms with van der Waals surface area (Å²) < 4.78 is 29.8. The van der Waals surface area contributed by atoms with Gasteiger partial charge in [-0.1, -0.05) is 18.2 Å². The molecule has 108 valence electrons. The summed E-state index contributed by atoms with van der Waals surface area (Å²) in [5.41, 5.74) is 7.16. The Morgan fingerprint density at radius 3 is 2.67 bits per heavy atom. The van der Waals surface area contributed by atoms with Gasteiger partial charge < -0.3 is 5.73 Å². The van der Waals surface area contributed by atoms with E-state index in [2.05, 4.69) is 21.0 Å². The molecule has 0 amide bonds. The Hall–Kier alpha value is -1.79. The van der Waals surface area contributed by atoms with E-state index in [0.29, 0.717) is 5.69 Å². The molecule has 0 aliphatic heterocycles. The van der Waals surface area contributed by atoms with Gasteiger partial charge in [0.1, 0.15) is 11.6 Å². The molecule has 0 unspecified atom stereocenters. The van der Waals surface area contributed by atoms with Crippen LogP contribution in [0.1, 0.15) is 11.3 Å². The first-order chi connectivity index (χ1) is 10.1. The average molecular weight is 352 g/mol. The van der Waals surface area contributed by atoms with E-state index in [-0.39, 0.29) is 23.1 Å². The molecule has 3 nitrogen and oxygen atoms in total. The molecule has 6 heteroatoms. The molecule has 0 saturated heterocycles. The van der Waals surface area contributed by atoms with Crippen molar-refractivity contribution >= 4 is 26.8 Å². The van der Waals surface area contributed by atoms with E-state index in [1.165, 1.54) is 12.1 Å². The van der Waals surface area contributed by atoms with Crippen LogP contribution in [0.3, 0.4) is 0 Å². The molecule has 2 aromatic carbocycles. The molecule has 0 spiro atoms. The summed E-state index contributed by atoms with van der Waals surface area (Å²) in [4.78, 5) is 0. The second kappa shape index (κ2) is 5.54. The van der Waals surface area contributed by atoms with Gasteiger partial charge in [-0.3, -0.25) is 4.68 Å². The summed E-state index contributed by atoms with van der Waals surface area (Å²) >= 11 is 3.07. The van der Waals surface area contributed by atoms with Crippen LogP contribution in [0.15, 0.2) is 40.9 Å². The Labute approximate surface area is 128 Å². The van der Waals surface area contributed by atoms with Crippen molar-refractivity contribution in [3.63, 3.8) is 0 Å². The molecule has 0 fully saturated rings. The maximum Gasteiger partial charge on any atom is 0.145 e. The second-order valence-corrected chi connectivity index (χ2v) is 5.50. The van der Waals surface area contributed by atoms with Gasteiger partial charge in [0.2, 0.25) is 0 Å². The first-order valence-corrected chi connectivity index (χ1v) is 7.18. The summed E-state index contributed by atoms with van der Waals surface area (Å²) in [6.45, 7) is 0.286. The highest BCUT2D eigenvalue weighted by atomic mass is 79.9. The van der Waals surface area contributed by atoms with Crippen LogP contribution < -0.4 is 5.73 Å². The first kappa shape index (κ1) is 14.2. The van der Waals surface area contributed by atoms with Crippen LogP contribution in [0.5, 0.6) is 0 Å². The van der Waals surface area contributed by atoms with Gasteiger partial charge in [0.15, 0.2) is 0 Å². The number of para-hydroxylation sites is 1. The van der Waals surface area contributed by atoms with E-state index in [4.69, 9.17) is 5.73 Å². The number of nitrogens with zero attached hydrogens (tertiary/aromatic N) is 2. The topological polar surface area (TPSA) is 43.8 Å². The van der Waals surface area contributed by atoms with Crippen LogP contribution in [0.4, 0.5) is 8.78 Å². The molecule has 2 N–H and O–H groups in total. The van der Waals surface area contributed by atoms with Crippen molar-refractivity contribution in [2.75, 3.05) is 0 Å². The summed E-state index contributed by atoms with van der Waals surface area (Å²) in [5, 5.41) is 5.26. The molecular formula is C15H12BrF2N3.